The van der Waals surface area contributed by atoms with Crippen LogP contribution in [0.3, 0.4) is 0 Å². The number of benzene rings is 1. The van der Waals surface area contributed by atoms with Crippen molar-refractivity contribution in [1.29, 1.82) is 0 Å². The van der Waals surface area contributed by atoms with Crippen molar-refractivity contribution in [2.45, 2.75) is 25.8 Å². The van der Waals surface area contributed by atoms with E-state index in [1.807, 2.05) is 0 Å². The number of aromatic nitrogens is 2. The van der Waals surface area contributed by atoms with Gasteiger partial charge in [0.2, 0.25) is 0 Å². The highest BCUT2D eigenvalue weighted by Gasteiger charge is 2.17. The predicted octanol–water partition coefficient (Wildman–Crippen LogP) is 2.02. The van der Waals surface area contributed by atoms with Crippen molar-refractivity contribution in [2.75, 3.05) is 0 Å². The lowest BCUT2D eigenvalue weighted by atomic mass is 10.0. The molecule has 0 bridgehead atoms. The number of nitrogens with one attached hydrogen (secondary N) is 1. The van der Waals surface area contributed by atoms with Gasteiger partial charge >= 0.3 is 0 Å². The van der Waals surface area contributed by atoms with Crippen LogP contribution in [0.15, 0.2) is 24.3 Å². The maximum atomic E-state index is 5.63. The molecule has 1 heterocycles. The summed E-state index contributed by atoms with van der Waals surface area (Å²) in [6.45, 7) is 0.481. The molecule has 16 heavy (non-hydrogen) atoms. The minimum absolute atomic E-state index is 0.481. The molecule has 0 spiro atoms. The Morgan fingerprint density at radius 1 is 1.25 bits per heavy atom. The molecule has 0 atom stereocenters. The van der Waals surface area contributed by atoms with Crippen molar-refractivity contribution < 1.29 is 0 Å². The first kappa shape index (κ1) is 9.60. The molecule has 3 nitrogen and oxygen atoms in total. The second-order valence-electron chi connectivity index (χ2n) is 4.23. The predicted molar refractivity (Wildman–Crippen MR) is 63.9 cm³/mol. The van der Waals surface area contributed by atoms with Gasteiger partial charge in [0, 0.05) is 11.3 Å². The van der Waals surface area contributed by atoms with Gasteiger partial charge in [-0.15, -0.1) is 0 Å². The number of aryl methyl sites for hydroxylation is 2. The molecule has 3 rings (SSSR count). The van der Waals surface area contributed by atoms with Crippen LogP contribution < -0.4 is 5.73 Å². The number of nitrogens with two attached hydrogens (primary N) is 1. The van der Waals surface area contributed by atoms with Crippen LogP contribution in [0.5, 0.6) is 0 Å². The number of hydrogen-bond acceptors (Lipinski definition) is 2. The Hall–Kier alpha value is -1.61. The van der Waals surface area contributed by atoms with Crippen LogP contribution in [-0.4, -0.2) is 9.97 Å². The zero-order valence-corrected chi connectivity index (χ0v) is 9.16. The van der Waals surface area contributed by atoms with Crippen LogP contribution in [0.2, 0.25) is 0 Å². The van der Waals surface area contributed by atoms with Gasteiger partial charge in [0.1, 0.15) is 5.82 Å². The molecule has 1 aromatic heterocycles. The van der Waals surface area contributed by atoms with Gasteiger partial charge in [-0.05, 0) is 24.8 Å². The summed E-state index contributed by atoms with van der Waals surface area (Å²) in [5.74, 6) is 0.890. The van der Waals surface area contributed by atoms with Crippen LogP contribution in [0.1, 0.15) is 23.5 Å². The van der Waals surface area contributed by atoms with Crippen molar-refractivity contribution in [3.8, 4) is 11.3 Å². The highest BCUT2D eigenvalue weighted by atomic mass is 15.0. The van der Waals surface area contributed by atoms with E-state index in [0.717, 1.165) is 24.4 Å². The number of fused-ring (bicyclic) bond motifs is 3. The summed E-state index contributed by atoms with van der Waals surface area (Å²) in [6.07, 6.45) is 3.38. The molecule has 0 saturated carbocycles. The van der Waals surface area contributed by atoms with Crippen molar-refractivity contribution in [1.82, 2.24) is 9.97 Å². The molecule has 1 aromatic carbocycles. The van der Waals surface area contributed by atoms with Gasteiger partial charge in [-0.25, -0.2) is 4.98 Å². The Kier molecular flexibility index (Phi) is 2.26. The van der Waals surface area contributed by atoms with Crippen molar-refractivity contribution in [2.24, 2.45) is 5.73 Å². The van der Waals surface area contributed by atoms with Crippen LogP contribution in [0, 0.1) is 0 Å². The first-order valence-corrected chi connectivity index (χ1v) is 5.74. The summed E-state index contributed by atoms with van der Waals surface area (Å²) in [7, 11) is 0. The molecule has 0 radical (unpaired) electrons. The molecule has 0 unspecified atom stereocenters. The molecule has 3 N–H and O–H groups in total. The van der Waals surface area contributed by atoms with E-state index in [9.17, 15) is 0 Å². The lowest BCUT2D eigenvalue weighted by Gasteiger charge is -2.03. The summed E-state index contributed by atoms with van der Waals surface area (Å²) >= 11 is 0. The number of nitrogens with zero attached hydrogens (tertiary/aromatic N) is 1. The molecule has 1 aliphatic rings. The Morgan fingerprint density at radius 2 is 2.12 bits per heavy atom. The quantitative estimate of drug-likeness (QED) is 0.761. The monoisotopic (exact) mass is 213 g/mol. The van der Waals surface area contributed by atoms with E-state index in [1.165, 1.54) is 23.2 Å². The van der Waals surface area contributed by atoms with Gasteiger partial charge in [-0.3, -0.25) is 0 Å². The normalized spacial score (nSPS) is 14.1. The zero-order valence-electron chi connectivity index (χ0n) is 9.16. The molecular weight excluding hydrogens is 198 g/mol. The molecular formula is C13H15N3. The second-order valence-corrected chi connectivity index (χ2v) is 4.23. The average molecular weight is 213 g/mol. The molecule has 0 aliphatic heterocycles. The Bertz CT molecular complexity index is 514. The fourth-order valence-corrected chi connectivity index (χ4v) is 2.39. The number of rotatable bonds is 1. The fourth-order valence-electron chi connectivity index (χ4n) is 2.39. The van der Waals surface area contributed by atoms with E-state index in [1.54, 1.807) is 0 Å². The molecule has 2 aromatic rings. The van der Waals surface area contributed by atoms with E-state index in [0.29, 0.717) is 6.54 Å². The minimum Gasteiger partial charge on any atom is -0.344 e. The van der Waals surface area contributed by atoms with Crippen LogP contribution in [0.25, 0.3) is 11.3 Å². The topological polar surface area (TPSA) is 54.7 Å². The minimum atomic E-state index is 0.481. The number of aromatic amines is 1. The van der Waals surface area contributed by atoms with E-state index in [-0.39, 0.29) is 0 Å². The van der Waals surface area contributed by atoms with Crippen LogP contribution in [-0.2, 0) is 19.4 Å². The van der Waals surface area contributed by atoms with Crippen molar-refractivity contribution >= 4 is 0 Å². The van der Waals surface area contributed by atoms with Crippen LogP contribution in [0.4, 0.5) is 0 Å². The summed E-state index contributed by atoms with van der Waals surface area (Å²) in [5, 5.41) is 0. The Morgan fingerprint density at radius 3 is 3.00 bits per heavy atom. The molecule has 0 saturated heterocycles. The third-order valence-electron chi connectivity index (χ3n) is 3.17. The van der Waals surface area contributed by atoms with Gasteiger partial charge < -0.3 is 10.7 Å². The smallest absolute Gasteiger partial charge is 0.120 e. The highest BCUT2D eigenvalue weighted by Crippen LogP contribution is 2.30. The maximum Gasteiger partial charge on any atom is 0.120 e. The second kappa shape index (κ2) is 3.76. The van der Waals surface area contributed by atoms with E-state index < -0.39 is 0 Å². The van der Waals surface area contributed by atoms with Crippen molar-refractivity contribution in [3.63, 3.8) is 0 Å². The SMILES string of the molecule is NCc1nc2c([nH]1)CCCc1ccccc1-2. The summed E-state index contributed by atoms with van der Waals surface area (Å²) in [5.41, 5.74) is 10.6. The summed E-state index contributed by atoms with van der Waals surface area (Å²) in [6, 6.07) is 8.52. The fraction of sp³-hybridized carbons (Fsp3) is 0.308. The molecule has 0 amide bonds. The van der Waals surface area contributed by atoms with Crippen molar-refractivity contribution in [3.05, 3.63) is 41.3 Å². The third kappa shape index (κ3) is 1.44. The standard InChI is InChI=1S/C13H15N3/c14-8-12-15-11-7-3-5-9-4-1-2-6-10(9)13(11)16-12/h1-2,4,6H,3,5,7-8,14H2,(H,15,16). The Labute approximate surface area is 94.7 Å². The third-order valence-corrected chi connectivity index (χ3v) is 3.17. The van der Waals surface area contributed by atoms with E-state index in [4.69, 9.17) is 5.73 Å². The van der Waals surface area contributed by atoms with E-state index >= 15 is 0 Å². The van der Waals surface area contributed by atoms with E-state index in [2.05, 4.69) is 34.2 Å². The first-order chi connectivity index (χ1) is 7.88. The molecule has 0 fully saturated rings. The first-order valence-electron chi connectivity index (χ1n) is 5.74. The highest BCUT2D eigenvalue weighted by molar-refractivity contribution is 5.67. The Balaban J connectivity index is 2.20. The van der Waals surface area contributed by atoms with Gasteiger partial charge in [-0.2, -0.15) is 0 Å². The summed E-state index contributed by atoms with van der Waals surface area (Å²) < 4.78 is 0. The number of imidazole rings is 1. The molecule has 3 heteroatoms. The number of hydrogen-bond donors (Lipinski definition) is 2. The maximum absolute atomic E-state index is 5.63. The average Bonchev–Trinajstić information content (AvgIpc) is 2.66. The largest absolute Gasteiger partial charge is 0.344 e. The molecule has 1 aliphatic carbocycles. The van der Waals surface area contributed by atoms with Gasteiger partial charge in [0.25, 0.3) is 0 Å². The molecule has 82 valence electrons. The lowest BCUT2D eigenvalue weighted by Crippen LogP contribution is -1.98. The number of H-pyrrole nitrogens is 1. The van der Waals surface area contributed by atoms with Gasteiger partial charge in [0.15, 0.2) is 0 Å². The van der Waals surface area contributed by atoms with Gasteiger partial charge in [0.05, 0.1) is 12.2 Å². The van der Waals surface area contributed by atoms with Crippen LogP contribution >= 0.6 is 0 Å². The zero-order chi connectivity index (χ0) is 11.0. The van der Waals surface area contributed by atoms with Gasteiger partial charge in [-0.1, -0.05) is 24.3 Å². The lowest BCUT2D eigenvalue weighted by molar-refractivity contribution is 0.809. The summed E-state index contributed by atoms with van der Waals surface area (Å²) in [4.78, 5) is 7.92.